The SMILES string of the molecule is O=[N+]([O-])C(O)(CO)c1ccccc1. The number of hydrogen-bond acceptors (Lipinski definition) is 4. The molecule has 70 valence electrons. The highest BCUT2D eigenvalue weighted by atomic mass is 16.7. The van der Waals surface area contributed by atoms with E-state index < -0.39 is 17.3 Å². The van der Waals surface area contributed by atoms with Crippen LogP contribution in [0.3, 0.4) is 0 Å². The van der Waals surface area contributed by atoms with Crippen molar-refractivity contribution in [1.29, 1.82) is 0 Å². The molecular weight excluding hydrogens is 174 g/mol. The van der Waals surface area contributed by atoms with Crippen LogP contribution in [0, 0.1) is 10.1 Å². The van der Waals surface area contributed by atoms with Gasteiger partial charge in [-0.2, -0.15) is 0 Å². The molecule has 0 saturated carbocycles. The van der Waals surface area contributed by atoms with Gasteiger partial charge in [-0.3, -0.25) is 10.1 Å². The van der Waals surface area contributed by atoms with Crippen LogP contribution in [-0.4, -0.2) is 21.7 Å². The van der Waals surface area contributed by atoms with Crippen molar-refractivity contribution in [2.45, 2.75) is 5.72 Å². The summed E-state index contributed by atoms with van der Waals surface area (Å²) in [6.45, 7) is -0.940. The van der Waals surface area contributed by atoms with Crippen LogP contribution in [0.5, 0.6) is 0 Å². The van der Waals surface area contributed by atoms with E-state index in [4.69, 9.17) is 5.11 Å². The van der Waals surface area contributed by atoms with Crippen LogP contribution in [-0.2, 0) is 5.72 Å². The molecule has 0 spiro atoms. The first kappa shape index (κ1) is 9.63. The Balaban J connectivity index is 3.11. The summed E-state index contributed by atoms with van der Waals surface area (Å²) < 4.78 is 0. The van der Waals surface area contributed by atoms with Crippen molar-refractivity contribution in [3.8, 4) is 0 Å². The summed E-state index contributed by atoms with van der Waals surface area (Å²) in [5.74, 6) is 0. The standard InChI is InChI=1S/C8H9NO4/c10-6-8(11,9(12)13)7-4-2-1-3-5-7/h1-5,10-11H,6H2. The highest BCUT2D eigenvalue weighted by Crippen LogP contribution is 2.20. The Hall–Kier alpha value is -1.46. The van der Waals surface area contributed by atoms with E-state index in [-0.39, 0.29) is 5.56 Å². The lowest BCUT2D eigenvalue weighted by Gasteiger charge is -2.16. The Morgan fingerprint density at radius 2 is 1.92 bits per heavy atom. The molecule has 0 fully saturated rings. The molecule has 5 heteroatoms. The van der Waals surface area contributed by atoms with Crippen molar-refractivity contribution >= 4 is 0 Å². The predicted octanol–water partition coefficient (Wildman–Crippen LogP) is 0.101. The van der Waals surface area contributed by atoms with Crippen LogP contribution >= 0.6 is 0 Å². The van der Waals surface area contributed by atoms with Crippen LogP contribution in [0.25, 0.3) is 0 Å². The third-order valence-corrected chi connectivity index (χ3v) is 1.76. The van der Waals surface area contributed by atoms with E-state index in [9.17, 15) is 15.2 Å². The summed E-state index contributed by atoms with van der Waals surface area (Å²) in [7, 11) is 0. The molecule has 0 aliphatic heterocycles. The average Bonchev–Trinajstić information content (AvgIpc) is 2.17. The van der Waals surface area contributed by atoms with Gasteiger partial charge in [0.15, 0.2) is 0 Å². The molecule has 1 rings (SSSR count). The summed E-state index contributed by atoms with van der Waals surface area (Å²) in [5.41, 5.74) is -2.32. The fourth-order valence-electron chi connectivity index (χ4n) is 0.960. The van der Waals surface area contributed by atoms with Gasteiger partial charge in [-0.05, 0) is 12.1 Å². The van der Waals surface area contributed by atoms with E-state index in [1.165, 1.54) is 12.1 Å². The van der Waals surface area contributed by atoms with E-state index in [0.29, 0.717) is 0 Å². The normalized spacial score (nSPS) is 14.9. The maximum absolute atomic E-state index is 10.4. The molecule has 0 bridgehead atoms. The maximum Gasteiger partial charge on any atom is 0.372 e. The lowest BCUT2D eigenvalue weighted by atomic mass is 10.1. The Morgan fingerprint density at radius 3 is 2.31 bits per heavy atom. The molecule has 13 heavy (non-hydrogen) atoms. The average molecular weight is 183 g/mol. The summed E-state index contributed by atoms with van der Waals surface area (Å²) in [6.07, 6.45) is 0. The van der Waals surface area contributed by atoms with E-state index in [0.717, 1.165) is 0 Å². The third-order valence-electron chi connectivity index (χ3n) is 1.76. The van der Waals surface area contributed by atoms with Crippen molar-refractivity contribution in [2.24, 2.45) is 0 Å². The van der Waals surface area contributed by atoms with Crippen molar-refractivity contribution in [2.75, 3.05) is 6.61 Å². The maximum atomic E-state index is 10.4. The summed E-state index contributed by atoms with van der Waals surface area (Å²) in [6, 6.07) is 7.55. The minimum Gasteiger partial charge on any atom is -0.386 e. The van der Waals surface area contributed by atoms with Gasteiger partial charge in [0.1, 0.15) is 6.61 Å². The van der Waals surface area contributed by atoms with E-state index in [1.54, 1.807) is 18.2 Å². The summed E-state index contributed by atoms with van der Waals surface area (Å²) >= 11 is 0. The van der Waals surface area contributed by atoms with Gasteiger partial charge in [0.25, 0.3) is 0 Å². The topological polar surface area (TPSA) is 83.6 Å². The Kier molecular flexibility index (Phi) is 2.60. The van der Waals surface area contributed by atoms with Gasteiger partial charge in [0.05, 0.1) is 10.5 Å². The van der Waals surface area contributed by atoms with Gasteiger partial charge < -0.3 is 10.2 Å². The fourth-order valence-corrected chi connectivity index (χ4v) is 0.960. The van der Waals surface area contributed by atoms with Gasteiger partial charge in [-0.15, -0.1) is 0 Å². The Labute approximate surface area is 74.4 Å². The molecular formula is C8H9NO4. The number of benzene rings is 1. The largest absolute Gasteiger partial charge is 0.386 e. The van der Waals surface area contributed by atoms with E-state index in [2.05, 4.69) is 0 Å². The highest BCUT2D eigenvalue weighted by Gasteiger charge is 2.41. The molecule has 0 aliphatic rings. The zero-order valence-electron chi connectivity index (χ0n) is 6.75. The van der Waals surface area contributed by atoms with Crippen LogP contribution in [0.2, 0.25) is 0 Å². The first-order valence-corrected chi connectivity index (χ1v) is 3.64. The molecule has 0 saturated heterocycles. The lowest BCUT2D eigenvalue weighted by Crippen LogP contribution is -2.38. The number of aliphatic hydroxyl groups excluding tert-OH is 1. The van der Waals surface area contributed by atoms with Gasteiger partial charge >= 0.3 is 5.72 Å². The third kappa shape index (κ3) is 1.66. The smallest absolute Gasteiger partial charge is 0.372 e. The van der Waals surface area contributed by atoms with E-state index in [1.807, 2.05) is 0 Å². The number of rotatable bonds is 3. The zero-order valence-corrected chi connectivity index (χ0v) is 6.75. The molecule has 5 nitrogen and oxygen atoms in total. The molecule has 1 aromatic rings. The van der Waals surface area contributed by atoms with E-state index >= 15 is 0 Å². The second-order valence-electron chi connectivity index (χ2n) is 2.60. The van der Waals surface area contributed by atoms with Crippen LogP contribution in [0.1, 0.15) is 5.56 Å². The first-order valence-electron chi connectivity index (χ1n) is 3.64. The first-order chi connectivity index (χ1) is 6.11. The molecule has 0 radical (unpaired) electrons. The Morgan fingerprint density at radius 1 is 1.38 bits per heavy atom. The summed E-state index contributed by atoms with van der Waals surface area (Å²) in [4.78, 5) is 9.53. The Bertz CT molecular complexity index is 300. The minimum atomic E-state index is -2.39. The molecule has 1 aromatic carbocycles. The second kappa shape index (κ2) is 3.51. The molecule has 0 aliphatic carbocycles. The van der Waals surface area contributed by atoms with Crippen molar-refractivity contribution < 1.29 is 15.1 Å². The second-order valence-corrected chi connectivity index (χ2v) is 2.60. The van der Waals surface area contributed by atoms with Gasteiger partial charge in [0.2, 0.25) is 0 Å². The van der Waals surface area contributed by atoms with Gasteiger partial charge in [0, 0.05) is 0 Å². The number of nitrogens with zero attached hydrogens (tertiary/aromatic N) is 1. The highest BCUT2D eigenvalue weighted by molar-refractivity contribution is 5.19. The van der Waals surface area contributed by atoms with Crippen LogP contribution < -0.4 is 0 Å². The summed E-state index contributed by atoms with van der Waals surface area (Å²) in [5, 5.41) is 28.6. The monoisotopic (exact) mass is 183 g/mol. The van der Waals surface area contributed by atoms with Crippen LogP contribution in [0.15, 0.2) is 30.3 Å². The molecule has 1 unspecified atom stereocenters. The van der Waals surface area contributed by atoms with Crippen LogP contribution in [0.4, 0.5) is 0 Å². The fraction of sp³-hybridized carbons (Fsp3) is 0.250. The zero-order chi connectivity index (χ0) is 9.90. The molecule has 0 aromatic heterocycles. The molecule has 1 atom stereocenters. The molecule has 0 heterocycles. The minimum absolute atomic E-state index is 0.0718. The van der Waals surface area contributed by atoms with Gasteiger partial charge in [-0.1, -0.05) is 18.2 Å². The molecule has 2 N–H and O–H groups in total. The lowest BCUT2D eigenvalue weighted by molar-refractivity contribution is -0.639. The van der Waals surface area contributed by atoms with Crippen molar-refractivity contribution in [3.05, 3.63) is 46.0 Å². The predicted molar refractivity (Wildman–Crippen MR) is 44.4 cm³/mol. The van der Waals surface area contributed by atoms with Crippen molar-refractivity contribution in [1.82, 2.24) is 0 Å². The van der Waals surface area contributed by atoms with Gasteiger partial charge in [-0.25, -0.2) is 0 Å². The number of nitro groups is 1. The molecule has 0 amide bonds. The number of hydrogen-bond donors (Lipinski definition) is 2. The number of aliphatic hydroxyl groups is 2. The van der Waals surface area contributed by atoms with Crippen molar-refractivity contribution in [3.63, 3.8) is 0 Å². The quantitative estimate of drug-likeness (QED) is 0.395.